The molecule has 1 fully saturated rings. The number of carbonyl (C=O) groups excluding carboxylic acids is 3. The Morgan fingerprint density at radius 2 is 1.87 bits per heavy atom. The number of hydrogen-bond donors (Lipinski definition) is 2. The molecule has 1 aromatic heterocycles. The van der Waals surface area contributed by atoms with Gasteiger partial charge in [-0.1, -0.05) is 30.3 Å². The molecule has 1 atom stereocenters. The fourth-order valence-electron chi connectivity index (χ4n) is 3.67. The molecule has 30 heavy (non-hydrogen) atoms. The van der Waals surface area contributed by atoms with Crippen molar-refractivity contribution in [1.82, 2.24) is 10.3 Å². The van der Waals surface area contributed by atoms with Crippen molar-refractivity contribution in [1.29, 1.82) is 0 Å². The number of nitrogens with one attached hydrogen (secondary N) is 2. The van der Waals surface area contributed by atoms with Crippen molar-refractivity contribution in [3.05, 3.63) is 60.4 Å². The molecule has 2 N–H and O–H groups in total. The first kappa shape index (κ1) is 19.7. The summed E-state index contributed by atoms with van der Waals surface area (Å²) in [6.07, 6.45) is 6.68. The van der Waals surface area contributed by atoms with Gasteiger partial charge in [-0.3, -0.25) is 24.4 Å². The molecule has 7 heteroatoms. The summed E-state index contributed by atoms with van der Waals surface area (Å²) in [5.74, 6) is -0.294. The maximum Gasteiger partial charge on any atom is 0.251 e. The Kier molecular flexibility index (Phi) is 5.79. The molecule has 2 amide bonds. The number of amides is 2. The van der Waals surface area contributed by atoms with Crippen molar-refractivity contribution in [2.75, 3.05) is 11.9 Å². The quantitative estimate of drug-likeness (QED) is 0.821. The number of carbonyl (C=O) groups is 3. The summed E-state index contributed by atoms with van der Waals surface area (Å²) in [4.78, 5) is 45.0. The predicted octanol–water partition coefficient (Wildman–Crippen LogP) is 2.90. The topological polar surface area (TPSA) is 101 Å². The van der Waals surface area contributed by atoms with Gasteiger partial charge in [-0.15, -0.1) is 0 Å². The predicted molar refractivity (Wildman–Crippen MR) is 114 cm³/mol. The lowest BCUT2D eigenvalue weighted by atomic mass is 10.0. The van der Waals surface area contributed by atoms with E-state index in [9.17, 15) is 14.4 Å². The van der Waals surface area contributed by atoms with Gasteiger partial charge in [0.15, 0.2) is 0 Å². The zero-order valence-corrected chi connectivity index (χ0v) is 16.4. The van der Waals surface area contributed by atoms with E-state index in [0.717, 1.165) is 11.1 Å². The van der Waals surface area contributed by atoms with E-state index in [4.69, 9.17) is 0 Å². The van der Waals surface area contributed by atoms with E-state index in [1.54, 1.807) is 18.5 Å². The highest BCUT2D eigenvalue weighted by molar-refractivity contribution is 6.13. The van der Waals surface area contributed by atoms with Crippen LogP contribution in [0.25, 0.3) is 11.1 Å². The van der Waals surface area contributed by atoms with Gasteiger partial charge < -0.3 is 10.6 Å². The average molecular weight is 402 g/mol. The van der Waals surface area contributed by atoms with Crippen LogP contribution in [-0.2, 0) is 14.4 Å². The van der Waals surface area contributed by atoms with Crippen LogP contribution >= 0.6 is 0 Å². The van der Waals surface area contributed by atoms with Crippen LogP contribution in [0, 0.1) is 5.92 Å². The fourth-order valence-corrected chi connectivity index (χ4v) is 3.67. The van der Waals surface area contributed by atoms with Gasteiger partial charge in [0.25, 0.3) is 5.91 Å². The number of aromatic nitrogens is 1. The van der Waals surface area contributed by atoms with E-state index < -0.39 is 0 Å². The molecule has 1 aliphatic carbocycles. The summed E-state index contributed by atoms with van der Waals surface area (Å²) in [7, 11) is 0. The summed E-state index contributed by atoms with van der Waals surface area (Å²) in [6, 6.07) is 11.6. The molecule has 1 saturated carbocycles. The highest BCUT2D eigenvalue weighted by atomic mass is 16.2. The van der Waals surface area contributed by atoms with Gasteiger partial charge in [-0.05, 0) is 30.5 Å². The number of dihydropyridines is 1. The number of rotatable bonds is 4. The molecule has 152 valence electrons. The van der Waals surface area contributed by atoms with Gasteiger partial charge in [0, 0.05) is 42.6 Å². The molecule has 1 unspecified atom stereocenters. The third-order valence-electron chi connectivity index (χ3n) is 5.29. The number of nitrogens with zero attached hydrogens (tertiary/aromatic N) is 2. The summed E-state index contributed by atoms with van der Waals surface area (Å²) in [5.41, 5.74) is 3.01. The smallest absolute Gasteiger partial charge is 0.251 e. The maximum atomic E-state index is 12.9. The zero-order chi connectivity index (χ0) is 20.9. The summed E-state index contributed by atoms with van der Waals surface area (Å²) in [5, 5.41) is 5.69. The first-order chi connectivity index (χ1) is 14.6. The number of benzene rings is 1. The highest BCUT2D eigenvalue weighted by Gasteiger charge is 2.29. The number of aliphatic imine (C=N–C) groups is 1. The standard InChI is InChI=1S/C23H22N4O3/c28-18-7-6-16(12-18)23(30)27-21-13-17(8-11-25-21)22(29)26-20-14-24-10-9-19(20)15-4-2-1-3-5-15/h1-5,9-10,13-14,16H,6-8,11-12H2,(H,26,29)(H,25,27,30). The maximum absolute atomic E-state index is 12.9. The minimum Gasteiger partial charge on any atom is -0.320 e. The van der Waals surface area contributed by atoms with Crippen molar-refractivity contribution < 1.29 is 14.4 Å². The van der Waals surface area contributed by atoms with Crippen molar-refractivity contribution in [2.45, 2.75) is 25.7 Å². The van der Waals surface area contributed by atoms with Crippen LogP contribution < -0.4 is 10.6 Å². The van der Waals surface area contributed by atoms with Crippen LogP contribution in [0.3, 0.4) is 0 Å². The fraction of sp³-hybridized carbons (Fsp3) is 0.261. The molecule has 2 aromatic rings. The van der Waals surface area contributed by atoms with Gasteiger partial charge >= 0.3 is 0 Å². The Morgan fingerprint density at radius 1 is 1.03 bits per heavy atom. The average Bonchev–Trinajstić information content (AvgIpc) is 3.21. The van der Waals surface area contributed by atoms with E-state index >= 15 is 0 Å². The molecule has 0 radical (unpaired) electrons. The van der Waals surface area contributed by atoms with Crippen LogP contribution in [0.1, 0.15) is 25.7 Å². The van der Waals surface area contributed by atoms with Crippen molar-refractivity contribution in [2.24, 2.45) is 10.9 Å². The van der Waals surface area contributed by atoms with Crippen molar-refractivity contribution in [3.63, 3.8) is 0 Å². The highest BCUT2D eigenvalue weighted by Crippen LogP contribution is 2.27. The van der Waals surface area contributed by atoms with E-state index in [2.05, 4.69) is 20.6 Å². The third-order valence-corrected chi connectivity index (χ3v) is 5.29. The monoisotopic (exact) mass is 402 g/mol. The number of anilines is 1. The van der Waals surface area contributed by atoms with Gasteiger partial charge in [0.2, 0.25) is 5.91 Å². The Morgan fingerprint density at radius 3 is 2.63 bits per heavy atom. The molecule has 0 bridgehead atoms. The molecule has 2 aliphatic rings. The Hall–Kier alpha value is -3.61. The Bertz CT molecular complexity index is 1040. The van der Waals surface area contributed by atoms with Gasteiger partial charge in [-0.2, -0.15) is 0 Å². The molecule has 1 aromatic carbocycles. The lowest BCUT2D eigenvalue weighted by Crippen LogP contribution is -2.36. The first-order valence-corrected chi connectivity index (χ1v) is 9.98. The zero-order valence-electron chi connectivity index (χ0n) is 16.4. The normalized spacial score (nSPS) is 18.4. The van der Waals surface area contributed by atoms with E-state index in [0.29, 0.717) is 42.9 Å². The van der Waals surface area contributed by atoms with Crippen molar-refractivity contribution in [3.8, 4) is 11.1 Å². The molecule has 0 spiro atoms. The van der Waals surface area contributed by atoms with Crippen LogP contribution in [-0.4, -0.2) is 35.0 Å². The van der Waals surface area contributed by atoms with E-state index in [1.165, 1.54) is 0 Å². The van der Waals surface area contributed by atoms with E-state index in [-0.39, 0.29) is 29.9 Å². The van der Waals surface area contributed by atoms with Crippen molar-refractivity contribution >= 4 is 29.1 Å². The lowest BCUT2D eigenvalue weighted by Gasteiger charge is -2.16. The lowest BCUT2D eigenvalue weighted by molar-refractivity contribution is -0.125. The largest absolute Gasteiger partial charge is 0.320 e. The molecule has 2 heterocycles. The summed E-state index contributed by atoms with van der Waals surface area (Å²) < 4.78 is 0. The van der Waals surface area contributed by atoms with Crippen LogP contribution in [0.4, 0.5) is 5.69 Å². The second-order valence-electron chi connectivity index (χ2n) is 7.40. The van der Waals surface area contributed by atoms with Gasteiger partial charge in [0.05, 0.1) is 11.9 Å². The summed E-state index contributed by atoms with van der Waals surface area (Å²) in [6.45, 7) is 0.414. The molecule has 7 nitrogen and oxygen atoms in total. The number of ketones is 1. The number of pyridine rings is 1. The number of Topliss-reactive ketones (excluding diaryl/α,β-unsaturated/α-hetero) is 1. The van der Waals surface area contributed by atoms with E-state index in [1.807, 2.05) is 36.4 Å². The van der Waals surface area contributed by atoms with Gasteiger partial charge in [0.1, 0.15) is 11.6 Å². The third kappa shape index (κ3) is 4.51. The molecular weight excluding hydrogens is 380 g/mol. The number of hydrogen-bond acceptors (Lipinski definition) is 5. The summed E-state index contributed by atoms with van der Waals surface area (Å²) >= 11 is 0. The molecule has 1 aliphatic heterocycles. The number of amidine groups is 1. The molecular formula is C23H22N4O3. The van der Waals surface area contributed by atoms with Crippen LogP contribution in [0.15, 0.2) is 65.4 Å². The van der Waals surface area contributed by atoms with Crippen LogP contribution in [0.5, 0.6) is 0 Å². The second-order valence-corrected chi connectivity index (χ2v) is 7.40. The SMILES string of the molecule is O=C1CCC(C(=O)NC2=NCCC(C(=O)Nc3cnccc3-c3ccccc3)=C2)C1. The first-order valence-electron chi connectivity index (χ1n) is 9.98. The Labute approximate surface area is 174 Å². The minimum absolute atomic E-state index is 0.113. The minimum atomic E-state index is -0.309. The second kappa shape index (κ2) is 8.82. The van der Waals surface area contributed by atoms with Gasteiger partial charge in [-0.25, -0.2) is 0 Å². The molecule has 4 rings (SSSR count). The van der Waals surface area contributed by atoms with Crippen LogP contribution in [0.2, 0.25) is 0 Å². The molecule has 0 saturated heterocycles. The Balaban J connectivity index is 1.46.